The normalized spacial score (nSPS) is 33.0. The second-order valence-corrected chi connectivity index (χ2v) is 11.3. The minimum absolute atomic E-state index is 0.156. The lowest BCUT2D eigenvalue weighted by atomic mass is 9.85. The zero-order valence-corrected chi connectivity index (χ0v) is 21.1. The SMILES string of the molecule is O=C1NC[C@H](O)CN(CC2CCCC2)CC2(COc3cc(N4CCOCC4)ccc31)C[C@@H](O)[C@@H](O)C2. The summed E-state index contributed by atoms with van der Waals surface area (Å²) in [6.07, 6.45) is 3.40. The Labute approximate surface area is 213 Å². The number of nitrogens with zero attached hydrogens (tertiary/aromatic N) is 2. The summed E-state index contributed by atoms with van der Waals surface area (Å²) >= 11 is 0. The van der Waals surface area contributed by atoms with Crippen LogP contribution in [0.15, 0.2) is 18.2 Å². The van der Waals surface area contributed by atoms with Crippen LogP contribution in [-0.4, -0.2) is 104 Å². The number of rotatable bonds is 3. The minimum Gasteiger partial charge on any atom is -0.492 e. The maximum Gasteiger partial charge on any atom is 0.255 e. The highest BCUT2D eigenvalue weighted by Crippen LogP contribution is 2.41. The van der Waals surface area contributed by atoms with Gasteiger partial charge in [0.25, 0.3) is 5.91 Å². The van der Waals surface area contributed by atoms with Crippen molar-refractivity contribution in [3.05, 3.63) is 23.8 Å². The summed E-state index contributed by atoms with van der Waals surface area (Å²) in [5.74, 6) is 0.802. The van der Waals surface area contributed by atoms with Gasteiger partial charge in [0.05, 0.1) is 43.7 Å². The Morgan fingerprint density at radius 3 is 2.50 bits per heavy atom. The van der Waals surface area contributed by atoms with Crippen molar-refractivity contribution in [2.24, 2.45) is 11.3 Å². The number of fused-ring (bicyclic) bond motifs is 1. The molecule has 4 N–H and O–H groups in total. The standard InChI is InChI=1S/C27H41N3O6/c31-21-14-28-26(34)22-6-5-20(30-7-9-35-10-8-30)11-25(22)36-18-27(12-23(32)24(33)13-27)17-29(16-21)15-19-3-1-2-4-19/h5-6,11,19,21,23-24,31-33H,1-4,7-10,12-18H2,(H,28,34)/t21-,23-,24+,27?/m0/s1. The first kappa shape index (κ1) is 25.7. The van der Waals surface area contributed by atoms with E-state index in [0.717, 1.165) is 25.3 Å². The van der Waals surface area contributed by atoms with Crippen LogP contribution in [0.25, 0.3) is 0 Å². The molecule has 200 valence electrons. The molecule has 9 nitrogen and oxygen atoms in total. The van der Waals surface area contributed by atoms with Gasteiger partial charge in [-0.15, -0.1) is 0 Å². The first-order valence-electron chi connectivity index (χ1n) is 13.6. The van der Waals surface area contributed by atoms with Gasteiger partial charge in [-0.2, -0.15) is 0 Å². The third-order valence-electron chi connectivity index (χ3n) is 8.37. The van der Waals surface area contributed by atoms with Crippen molar-refractivity contribution >= 4 is 11.6 Å². The van der Waals surface area contributed by atoms with Crippen LogP contribution in [0, 0.1) is 11.3 Å². The van der Waals surface area contributed by atoms with Gasteiger partial charge in [-0.1, -0.05) is 12.8 Å². The van der Waals surface area contributed by atoms with Crippen molar-refractivity contribution in [3.63, 3.8) is 0 Å². The van der Waals surface area contributed by atoms with Crippen LogP contribution in [0.4, 0.5) is 5.69 Å². The summed E-state index contributed by atoms with van der Waals surface area (Å²) in [5, 5.41) is 34.8. The molecule has 0 radical (unpaired) electrons. The summed E-state index contributed by atoms with van der Waals surface area (Å²) in [6.45, 7) is 5.24. The molecule has 2 aliphatic heterocycles. The molecule has 9 heteroatoms. The molecule has 2 heterocycles. The molecule has 1 unspecified atom stereocenters. The van der Waals surface area contributed by atoms with Gasteiger partial charge in [0.15, 0.2) is 0 Å². The molecule has 5 rings (SSSR count). The number of carbonyl (C=O) groups excluding carboxylic acids is 1. The van der Waals surface area contributed by atoms with Crippen molar-refractivity contribution in [3.8, 4) is 5.75 Å². The average molecular weight is 504 g/mol. The monoisotopic (exact) mass is 503 g/mol. The molecule has 36 heavy (non-hydrogen) atoms. The molecule has 1 spiro atoms. The average Bonchev–Trinajstić information content (AvgIpc) is 3.48. The number of nitrogens with one attached hydrogen (secondary N) is 1. The fourth-order valence-electron chi connectivity index (χ4n) is 6.51. The molecule has 1 aromatic carbocycles. The Kier molecular flexibility index (Phi) is 8.02. The second kappa shape index (κ2) is 11.2. The molecular weight excluding hydrogens is 462 g/mol. The van der Waals surface area contributed by atoms with Crippen molar-refractivity contribution < 1.29 is 29.6 Å². The van der Waals surface area contributed by atoms with Gasteiger partial charge < -0.3 is 35.0 Å². The highest BCUT2D eigenvalue weighted by Gasteiger charge is 2.46. The molecule has 4 aliphatic rings. The molecule has 1 saturated heterocycles. The lowest BCUT2D eigenvalue weighted by Crippen LogP contribution is -2.48. The van der Waals surface area contributed by atoms with Crippen molar-refractivity contribution in [2.75, 3.05) is 64.0 Å². The van der Waals surface area contributed by atoms with Crippen LogP contribution in [0.2, 0.25) is 0 Å². The highest BCUT2D eigenvalue weighted by molar-refractivity contribution is 5.97. The Morgan fingerprint density at radius 2 is 1.78 bits per heavy atom. The summed E-state index contributed by atoms with van der Waals surface area (Å²) in [4.78, 5) is 17.6. The van der Waals surface area contributed by atoms with E-state index in [2.05, 4.69) is 15.1 Å². The Morgan fingerprint density at radius 1 is 1.06 bits per heavy atom. The molecule has 3 fully saturated rings. The number of benzene rings is 1. The van der Waals surface area contributed by atoms with E-state index in [4.69, 9.17) is 9.47 Å². The molecular formula is C27H41N3O6. The number of β-amino-alcohol motifs (C(OH)–C–C–N with tert-alkyl or cyclic N) is 1. The summed E-state index contributed by atoms with van der Waals surface area (Å²) < 4.78 is 11.9. The van der Waals surface area contributed by atoms with Crippen LogP contribution in [0.1, 0.15) is 48.9 Å². The number of carbonyl (C=O) groups is 1. The van der Waals surface area contributed by atoms with Gasteiger partial charge in [0.2, 0.25) is 0 Å². The fraction of sp³-hybridized carbons (Fsp3) is 0.741. The number of ether oxygens (including phenoxy) is 2. The van der Waals surface area contributed by atoms with E-state index in [9.17, 15) is 20.1 Å². The van der Waals surface area contributed by atoms with Crippen LogP contribution in [0.3, 0.4) is 0 Å². The van der Waals surface area contributed by atoms with Crippen LogP contribution < -0.4 is 15.0 Å². The Balaban J connectivity index is 1.43. The summed E-state index contributed by atoms with van der Waals surface area (Å²) in [5.41, 5.74) is 0.927. The fourth-order valence-corrected chi connectivity index (χ4v) is 6.51. The Hall–Kier alpha value is -1.91. The number of hydrogen-bond acceptors (Lipinski definition) is 8. The summed E-state index contributed by atoms with van der Waals surface area (Å²) in [6, 6.07) is 5.62. The number of anilines is 1. The van der Waals surface area contributed by atoms with Crippen LogP contribution in [-0.2, 0) is 4.74 Å². The number of aliphatic hydroxyl groups excluding tert-OH is 3. The second-order valence-electron chi connectivity index (χ2n) is 11.3. The number of morpholine rings is 1. The quantitative estimate of drug-likeness (QED) is 0.483. The van der Waals surface area contributed by atoms with E-state index in [0.29, 0.717) is 56.4 Å². The van der Waals surface area contributed by atoms with Gasteiger partial charge in [-0.3, -0.25) is 9.69 Å². The molecule has 1 amide bonds. The Bertz CT molecular complexity index is 891. The molecule has 0 bridgehead atoms. The number of aliphatic hydroxyl groups is 3. The van der Waals surface area contributed by atoms with Crippen LogP contribution in [0.5, 0.6) is 5.75 Å². The van der Waals surface area contributed by atoms with Crippen molar-refractivity contribution in [1.29, 1.82) is 0 Å². The smallest absolute Gasteiger partial charge is 0.255 e. The third-order valence-corrected chi connectivity index (χ3v) is 8.37. The van der Waals surface area contributed by atoms with Crippen LogP contribution >= 0.6 is 0 Å². The summed E-state index contributed by atoms with van der Waals surface area (Å²) in [7, 11) is 0. The van der Waals surface area contributed by atoms with E-state index < -0.39 is 23.7 Å². The number of amides is 1. The lowest BCUT2D eigenvalue weighted by Gasteiger charge is -2.38. The topological polar surface area (TPSA) is 115 Å². The van der Waals surface area contributed by atoms with E-state index >= 15 is 0 Å². The van der Waals surface area contributed by atoms with E-state index in [-0.39, 0.29) is 19.1 Å². The molecule has 1 aromatic rings. The van der Waals surface area contributed by atoms with E-state index in [1.54, 1.807) is 6.07 Å². The third kappa shape index (κ3) is 5.97. The minimum atomic E-state index is -0.804. The highest BCUT2D eigenvalue weighted by atomic mass is 16.5. The van der Waals surface area contributed by atoms with Gasteiger partial charge in [-0.25, -0.2) is 0 Å². The van der Waals surface area contributed by atoms with E-state index in [1.807, 2.05) is 12.1 Å². The maximum atomic E-state index is 13.1. The van der Waals surface area contributed by atoms with Gasteiger partial charge in [-0.05, 0) is 43.7 Å². The zero-order valence-electron chi connectivity index (χ0n) is 21.1. The molecule has 2 saturated carbocycles. The van der Waals surface area contributed by atoms with Gasteiger partial charge >= 0.3 is 0 Å². The first-order valence-corrected chi connectivity index (χ1v) is 13.6. The van der Waals surface area contributed by atoms with Crippen molar-refractivity contribution in [2.45, 2.75) is 56.8 Å². The molecule has 0 aromatic heterocycles. The van der Waals surface area contributed by atoms with Gasteiger partial charge in [0, 0.05) is 56.4 Å². The zero-order chi connectivity index (χ0) is 25.1. The predicted octanol–water partition coefficient (Wildman–Crippen LogP) is 1.00. The number of hydrogen-bond donors (Lipinski definition) is 4. The van der Waals surface area contributed by atoms with E-state index in [1.165, 1.54) is 25.7 Å². The molecule has 2 aliphatic carbocycles. The lowest BCUT2D eigenvalue weighted by molar-refractivity contribution is 0.0370. The molecule has 4 atom stereocenters. The maximum absolute atomic E-state index is 13.1. The first-order chi connectivity index (χ1) is 17.4. The van der Waals surface area contributed by atoms with Gasteiger partial charge in [0.1, 0.15) is 5.75 Å². The largest absolute Gasteiger partial charge is 0.492 e. The van der Waals surface area contributed by atoms with Crippen molar-refractivity contribution in [1.82, 2.24) is 10.2 Å². The predicted molar refractivity (Wildman–Crippen MR) is 135 cm³/mol.